The average molecular weight is 363 g/mol. The second-order valence-electron chi connectivity index (χ2n) is 5.52. The molecule has 0 aliphatic carbocycles. The Hall–Kier alpha value is -3.16. The van der Waals surface area contributed by atoms with Crippen LogP contribution < -0.4 is 5.32 Å². The molecule has 8 heteroatoms. The fraction of sp³-hybridized carbons (Fsp3) is 0.111. The van der Waals surface area contributed by atoms with Gasteiger partial charge in [-0.3, -0.25) is 9.48 Å². The lowest BCUT2D eigenvalue weighted by Gasteiger charge is -2.10. The number of amides is 1. The quantitative estimate of drug-likeness (QED) is 0.697. The highest BCUT2D eigenvalue weighted by molar-refractivity contribution is 6.05. The van der Waals surface area contributed by atoms with Gasteiger partial charge in [-0.25, -0.2) is 4.39 Å². The van der Waals surface area contributed by atoms with Gasteiger partial charge in [0, 0.05) is 12.6 Å². The van der Waals surface area contributed by atoms with E-state index in [1.165, 1.54) is 31.3 Å². The van der Waals surface area contributed by atoms with Crippen LogP contribution in [0.4, 0.5) is 23.4 Å². The number of rotatable bonds is 3. The molecule has 134 valence electrons. The predicted octanol–water partition coefficient (Wildman–Crippen LogP) is 4.50. The first kappa shape index (κ1) is 17.7. The smallest absolute Gasteiger partial charge is 0.306 e. The number of alkyl halides is 3. The molecule has 26 heavy (non-hydrogen) atoms. The number of nitrogens with zero attached hydrogens (tertiary/aromatic N) is 2. The van der Waals surface area contributed by atoms with Gasteiger partial charge in [-0.2, -0.15) is 18.3 Å². The highest BCUT2D eigenvalue weighted by Crippen LogP contribution is 2.40. The summed E-state index contributed by atoms with van der Waals surface area (Å²) in [7, 11) is 1.31. The molecule has 1 heterocycles. The molecule has 0 atom stereocenters. The molecule has 2 aromatic carbocycles. The third-order valence-corrected chi connectivity index (χ3v) is 3.72. The number of hydrogen-bond donors (Lipinski definition) is 1. The number of halogens is 4. The molecule has 3 aromatic rings. The van der Waals surface area contributed by atoms with Crippen molar-refractivity contribution < 1.29 is 22.4 Å². The zero-order valence-electron chi connectivity index (χ0n) is 13.5. The Kier molecular flexibility index (Phi) is 4.50. The molecule has 1 amide bonds. The summed E-state index contributed by atoms with van der Waals surface area (Å²) in [5.74, 6) is -1.29. The van der Waals surface area contributed by atoms with E-state index < -0.39 is 23.6 Å². The van der Waals surface area contributed by atoms with Crippen molar-refractivity contribution in [2.45, 2.75) is 6.18 Å². The van der Waals surface area contributed by atoms with Crippen LogP contribution in [0.5, 0.6) is 0 Å². The monoisotopic (exact) mass is 363 g/mol. The van der Waals surface area contributed by atoms with E-state index >= 15 is 0 Å². The fourth-order valence-corrected chi connectivity index (χ4v) is 2.53. The lowest BCUT2D eigenvalue weighted by Crippen LogP contribution is -2.15. The largest absolute Gasteiger partial charge is 0.435 e. The maximum atomic E-state index is 13.4. The van der Waals surface area contributed by atoms with Crippen LogP contribution in [0.25, 0.3) is 11.1 Å². The standard InChI is InChI=1S/C18H13F4N3O/c1-25-16(23-17(26)12-7-9-13(19)10-8-12)14(11-5-3-2-4-6-11)15(24-25)18(20,21)22/h2-10H,1H3,(H,23,26). The summed E-state index contributed by atoms with van der Waals surface area (Å²) in [5.41, 5.74) is -0.945. The van der Waals surface area contributed by atoms with Crippen molar-refractivity contribution >= 4 is 11.7 Å². The second-order valence-corrected chi connectivity index (χ2v) is 5.52. The molecule has 4 nitrogen and oxygen atoms in total. The number of hydrogen-bond acceptors (Lipinski definition) is 2. The highest BCUT2D eigenvalue weighted by Gasteiger charge is 2.39. The van der Waals surface area contributed by atoms with Crippen LogP contribution in [0.2, 0.25) is 0 Å². The molecular formula is C18H13F4N3O. The number of benzene rings is 2. The number of aryl methyl sites for hydroxylation is 1. The first-order valence-electron chi connectivity index (χ1n) is 7.54. The topological polar surface area (TPSA) is 46.9 Å². The van der Waals surface area contributed by atoms with Gasteiger partial charge in [0.15, 0.2) is 5.69 Å². The Balaban J connectivity index is 2.08. The van der Waals surface area contributed by atoms with Crippen LogP contribution in [0.1, 0.15) is 16.1 Å². The zero-order chi connectivity index (χ0) is 18.9. The van der Waals surface area contributed by atoms with Gasteiger partial charge < -0.3 is 5.32 Å². The molecule has 1 N–H and O–H groups in total. The number of carbonyl (C=O) groups excluding carboxylic acids is 1. The minimum atomic E-state index is -4.69. The molecule has 0 radical (unpaired) electrons. The molecular weight excluding hydrogens is 350 g/mol. The van der Waals surface area contributed by atoms with Gasteiger partial charge in [-0.15, -0.1) is 0 Å². The normalized spacial score (nSPS) is 11.4. The number of carbonyl (C=O) groups is 1. The summed E-state index contributed by atoms with van der Waals surface area (Å²) in [4.78, 5) is 12.4. The Bertz CT molecular complexity index is 932. The maximum Gasteiger partial charge on any atom is 0.435 e. The lowest BCUT2D eigenvalue weighted by molar-refractivity contribution is -0.140. The SMILES string of the molecule is Cn1nc(C(F)(F)F)c(-c2ccccc2)c1NC(=O)c1ccc(F)cc1. The van der Waals surface area contributed by atoms with E-state index in [1.54, 1.807) is 18.2 Å². The van der Waals surface area contributed by atoms with E-state index in [-0.39, 0.29) is 22.5 Å². The third kappa shape index (κ3) is 3.44. The van der Waals surface area contributed by atoms with Gasteiger partial charge in [-0.1, -0.05) is 30.3 Å². The second kappa shape index (κ2) is 6.62. The van der Waals surface area contributed by atoms with Crippen molar-refractivity contribution in [1.29, 1.82) is 0 Å². The van der Waals surface area contributed by atoms with E-state index in [0.717, 1.165) is 16.8 Å². The van der Waals surface area contributed by atoms with Crippen LogP contribution >= 0.6 is 0 Å². The van der Waals surface area contributed by atoms with E-state index in [9.17, 15) is 22.4 Å². The van der Waals surface area contributed by atoms with Gasteiger partial charge in [-0.05, 0) is 29.8 Å². The molecule has 0 aliphatic rings. The van der Waals surface area contributed by atoms with Crippen molar-refractivity contribution in [1.82, 2.24) is 9.78 Å². The first-order valence-corrected chi connectivity index (χ1v) is 7.54. The van der Waals surface area contributed by atoms with Gasteiger partial charge in [0.05, 0.1) is 5.56 Å². The van der Waals surface area contributed by atoms with Gasteiger partial charge in [0.1, 0.15) is 11.6 Å². The number of aromatic nitrogens is 2. The fourth-order valence-electron chi connectivity index (χ4n) is 2.53. The van der Waals surface area contributed by atoms with Crippen LogP contribution in [0.15, 0.2) is 54.6 Å². The Morgan fingerprint density at radius 1 is 1.04 bits per heavy atom. The zero-order valence-corrected chi connectivity index (χ0v) is 13.5. The molecule has 0 unspecified atom stereocenters. The van der Waals surface area contributed by atoms with Crippen LogP contribution in [0.3, 0.4) is 0 Å². The van der Waals surface area contributed by atoms with Crippen LogP contribution in [0, 0.1) is 5.82 Å². The first-order chi connectivity index (χ1) is 12.3. The predicted molar refractivity (Wildman–Crippen MR) is 88.0 cm³/mol. The molecule has 0 aliphatic heterocycles. The van der Waals surface area contributed by atoms with E-state index in [0.29, 0.717) is 0 Å². The summed E-state index contributed by atoms with van der Waals surface area (Å²) >= 11 is 0. The van der Waals surface area contributed by atoms with E-state index in [4.69, 9.17) is 0 Å². The maximum absolute atomic E-state index is 13.4. The van der Waals surface area contributed by atoms with E-state index in [1.807, 2.05) is 0 Å². The van der Waals surface area contributed by atoms with Gasteiger partial charge in [0.2, 0.25) is 0 Å². The highest BCUT2D eigenvalue weighted by atomic mass is 19.4. The molecule has 0 saturated carbocycles. The van der Waals surface area contributed by atoms with Crippen molar-refractivity contribution in [2.24, 2.45) is 7.05 Å². The molecule has 0 fully saturated rings. The third-order valence-electron chi connectivity index (χ3n) is 3.72. The van der Waals surface area contributed by atoms with Crippen molar-refractivity contribution in [3.63, 3.8) is 0 Å². The summed E-state index contributed by atoms with van der Waals surface area (Å²) in [6.07, 6.45) is -4.69. The van der Waals surface area contributed by atoms with Crippen molar-refractivity contribution in [3.05, 3.63) is 71.7 Å². The summed E-state index contributed by atoms with van der Waals surface area (Å²) in [5, 5.41) is 5.98. The van der Waals surface area contributed by atoms with Crippen molar-refractivity contribution in [3.8, 4) is 11.1 Å². The minimum Gasteiger partial charge on any atom is -0.306 e. The molecule has 0 bridgehead atoms. The van der Waals surface area contributed by atoms with Crippen molar-refractivity contribution in [2.75, 3.05) is 5.32 Å². The van der Waals surface area contributed by atoms with Crippen LogP contribution in [-0.2, 0) is 13.2 Å². The molecule has 0 saturated heterocycles. The average Bonchev–Trinajstić information content (AvgIpc) is 2.93. The summed E-state index contributed by atoms with van der Waals surface area (Å²) in [6, 6.07) is 12.5. The van der Waals surface area contributed by atoms with E-state index in [2.05, 4.69) is 10.4 Å². The molecule has 0 spiro atoms. The molecule has 3 rings (SSSR count). The summed E-state index contributed by atoms with van der Waals surface area (Å²) in [6.45, 7) is 0. The van der Waals surface area contributed by atoms with Gasteiger partial charge >= 0.3 is 6.18 Å². The molecule has 1 aromatic heterocycles. The summed E-state index contributed by atoms with van der Waals surface area (Å²) < 4.78 is 54.2. The van der Waals surface area contributed by atoms with Crippen LogP contribution in [-0.4, -0.2) is 15.7 Å². The van der Waals surface area contributed by atoms with Gasteiger partial charge in [0.25, 0.3) is 5.91 Å². The Labute approximate surface area is 146 Å². The number of anilines is 1. The lowest BCUT2D eigenvalue weighted by atomic mass is 10.0. The number of nitrogens with one attached hydrogen (secondary N) is 1. The minimum absolute atomic E-state index is 0.0992. The Morgan fingerprint density at radius 2 is 1.65 bits per heavy atom. The Morgan fingerprint density at radius 3 is 2.23 bits per heavy atom.